The zero-order valence-electron chi connectivity index (χ0n) is 12.2. The van der Waals surface area contributed by atoms with E-state index in [0.717, 1.165) is 16.5 Å². The van der Waals surface area contributed by atoms with Crippen molar-refractivity contribution >= 4 is 10.8 Å². The second-order valence-corrected chi connectivity index (χ2v) is 5.60. The lowest BCUT2D eigenvalue weighted by atomic mass is 9.94. The smallest absolute Gasteiger partial charge is 0.0923 e. The van der Waals surface area contributed by atoms with Crippen LogP contribution in [0.15, 0.2) is 30.3 Å². The fraction of sp³-hybridized carbons (Fsp3) is 0.412. The van der Waals surface area contributed by atoms with Crippen molar-refractivity contribution in [3.8, 4) is 0 Å². The second-order valence-electron chi connectivity index (χ2n) is 5.60. The standard InChI is InChI=1S/C17H23NO/c1-11(2)18-10-16(19)17-13(4)6-7-14-9-12(3)5-8-15(14)17/h5-9,11,16,18-19H,10H2,1-4H3/t16-/m0/s1. The lowest BCUT2D eigenvalue weighted by Crippen LogP contribution is -2.28. The summed E-state index contributed by atoms with van der Waals surface area (Å²) in [7, 11) is 0. The summed E-state index contributed by atoms with van der Waals surface area (Å²) in [5.41, 5.74) is 3.44. The summed E-state index contributed by atoms with van der Waals surface area (Å²) in [4.78, 5) is 0. The lowest BCUT2D eigenvalue weighted by molar-refractivity contribution is 0.172. The molecule has 0 aliphatic rings. The van der Waals surface area contributed by atoms with Gasteiger partial charge in [-0.2, -0.15) is 0 Å². The van der Waals surface area contributed by atoms with Crippen molar-refractivity contribution in [1.82, 2.24) is 5.32 Å². The second kappa shape index (κ2) is 5.72. The maximum atomic E-state index is 10.5. The fourth-order valence-corrected chi connectivity index (χ4v) is 2.47. The van der Waals surface area contributed by atoms with Crippen molar-refractivity contribution in [3.05, 3.63) is 47.0 Å². The van der Waals surface area contributed by atoms with E-state index in [1.165, 1.54) is 10.9 Å². The molecule has 0 heterocycles. The molecule has 0 amide bonds. The van der Waals surface area contributed by atoms with Crippen LogP contribution >= 0.6 is 0 Å². The van der Waals surface area contributed by atoms with E-state index in [2.05, 4.69) is 63.3 Å². The average molecular weight is 257 g/mol. The van der Waals surface area contributed by atoms with E-state index >= 15 is 0 Å². The third kappa shape index (κ3) is 3.14. The summed E-state index contributed by atoms with van der Waals surface area (Å²) in [6.07, 6.45) is -0.464. The molecule has 0 unspecified atom stereocenters. The highest BCUT2D eigenvalue weighted by Crippen LogP contribution is 2.28. The molecule has 19 heavy (non-hydrogen) atoms. The molecule has 0 bridgehead atoms. The Morgan fingerprint density at radius 2 is 1.84 bits per heavy atom. The van der Waals surface area contributed by atoms with Gasteiger partial charge in [0.25, 0.3) is 0 Å². The molecule has 2 aromatic rings. The van der Waals surface area contributed by atoms with Crippen molar-refractivity contribution in [2.75, 3.05) is 6.54 Å². The van der Waals surface area contributed by atoms with Crippen LogP contribution in [0.5, 0.6) is 0 Å². The van der Waals surface area contributed by atoms with Crippen LogP contribution in [0, 0.1) is 13.8 Å². The van der Waals surface area contributed by atoms with Gasteiger partial charge in [0.1, 0.15) is 0 Å². The van der Waals surface area contributed by atoms with E-state index < -0.39 is 6.10 Å². The summed E-state index contributed by atoms with van der Waals surface area (Å²) in [5.74, 6) is 0. The van der Waals surface area contributed by atoms with Gasteiger partial charge in [-0.3, -0.25) is 0 Å². The lowest BCUT2D eigenvalue weighted by Gasteiger charge is -2.19. The fourth-order valence-electron chi connectivity index (χ4n) is 2.47. The number of aliphatic hydroxyl groups excluding tert-OH is 1. The summed E-state index contributed by atoms with van der Waals surface area (Å²) in [6.45, 7) is 8.92. The van der Waals surface area contributed by atoms with Crippen molar-refractivity contribution in [2.45, 2.75) is 39.8 Å². The molecule has 2 heteroatoms. The molecule has 0 saturated carbocycles. The molecule has 0 fully saturated rings. The van der Waals surface area contributed by atoms with Crippen LogP contribution in [0.2, 0.25) is 0 Å². The van der Waals surface area contributed by atoms with Crippen LogP contribution in [-0.4, -0.2) is 17.7 Å². The molecule has 0 aliphatic carbocycles. The van der Waals surface area contributed by atoms with Crippen molar-refractivity contribution < 1.29 is 5.11 Å². The quantitative estimate of drug-likeness (QED) is 0.878. The number of hydrogen-bond acceptors (Lipinski definition) is 2. The Kier molecular flexibility index (Phi) is 4.23. The maximum Gasteiger partial charge on any atom is 0.0923 e. The molecule has 2 nitrogen and oxygen atoms in total. The number of aliphatic hydroxyl groups is 1. The zero-order valence-corrected chi connectivity index (χ0v) is 12.2. The average Bonchev–Trinajstić information content (AvgIpc) is 2.36. The third-order valence-corrected chi connectivity index (χ3v) is 3.49. The summed E-state index contributed by atoms with van der Waals surface area (Å²) in [5, 5.41) is 16.1. The highest BCUT2D eigenvalue weighted by atomic mass is 16.3. The topological polar surface area (TPSA) is 32.3 Å². The normalized spacial score (nSPS) is 13.2. The van der Waals surface area contributed by atoms with Gasteiger partial charge in [-0.05, 0) is 35.7 Å². The van der Waals surface area contributed by atoms with Crippen LogP contribution in [0.4, 0.5) is 0 Å². The molecular weight excluding hydrogens is 234 g/mol. The van der Waals surface area contributed by atoms with Crippen molar-refractivity contribution in [3.63, 3.8) is 0 Å². The Hall–Kier alpha value is -1.38. The first-order chi connectivity index (χ1) is 8.99. The maximum absolute atomic E-state index is 10.5. The molecule has 0 saturated heterocycles. The number of benzene rings is 2. The Balaban J connectivity index is 2.43. The van der Waals surface area contributed by atoms with Gasteiger partial charge in [0, 0.05) is 12.6 Å². The first-order valence-corrected chi connectivity index (χ1v) is 6.90. The van der Waals surface area contributed by atoms with Crippen LogP contribution in [0.3, 0.4) is 0 Å². The van der Waals surface area contributed by atoms with Crippen LogP contribution < -0.4 is 5.32 Å². The number of aryl methyl sites for hydroxylation is 2. The number of hydrogen-bond donors (Lipinski definition) is 2. The van der Waals surface area contributed by atoms with Gasteiger partial charge >= 0.3 is 0 Å². The minimum Gasteiger partial charge on any atom is -0.387 e. The number of rotatable bonds is 4. The molecule has 2 aromatic carbocycles. The van der Waals surface area contributed by atoms with E-state index in [1.54, 1.807) is 0 Å². The van der Waals surface area contributed by atoms with Gasteiger partial charge in [0.2, 0.25) is 0 Å². The van der Waals surface area contributed by atoms with E-state index in [1.807, 2.05) is 0 Å². The predicted octanol–water partition coefficient (Wildman–Crippen LogP) is 3.49. The summed E-state index contributed by atoms with van der Waals surface area (Å²) < 4.78 is 0. The van der Waals surface area contributed by atoms with E-state index in [4.69, 9.17) is 0 Å². The summed E-state index contributed by atoms with van der Waals surface area (Å²) in [6, 6.07) is 11.0. The van der Waals surface area contributed by atoms with E-state index in [9.17, 15) is 5.11 Å². The Morgan fingerprint density at radius 3 is 2.53 bits per heavy atom. The minimum atomic E-state index is -0.464. The van der Waals surface area contributed by atoms with Gasteiger partial charge < -0.3 is 10.4 Å². The van der Waals surface area contributed by atoms with Crippen molar-refractivity contribution in [2.24, 2.45) is 0 Å². The van der Waals surface area contributed by atoms with Gasteiger partial charge in [0.05, 0.1) is 6.10 Å². The largest absolute Gasteiger partial charge is 0.387 e. The van der Waals surface area contributed by atoms with E-state index in [-0.39, 0.29) is 0 Å². The predicted molar refractivity (Wildman–Crippen MR) is 81.5 cm³/mol. The Bertz CT molecular complexity index is 575. The van der Waals surface area contributed by atoms with E-state index in [0.29, 0.717) is 12.6 Å². The van der Waals surface area contributed by atoms with Crippen LogP contribution in [0.1, 0.15) is 36.6 Å². The molecule has 2 rings (SSSR count). The molecule has 0 aliphatic heterocycles. The molecular formula is C17H23NO. The first kappa shape index (κ1) is 14.0. The Morgan fingerprint density at radius 1 is 1.11 bits per heavy atom. The van der Waals surface area contributed by atoms with Gasteiger partial charge in [-0.15, -0.1) is 0 Å². The zero-order chi connectivity index (χ0) is 14.0. The minimum absolute atomic E-state index is 0.382. The van der Waals surface area contributed by atoms with Crippen LogP contribution in [0.25, 0.3) is 10.8 Å². The highest BCUT2D eigenvalue weighted by Gasteiger charge is 2.14. The first-order valence-electron chi connectivity index (χ1n) is 6.90. The molecule has 2 N–H and O–H groups in total. The molecule has 102 valence electrons. The number of fused-ring (bicyclic) bond motifs is 1. The molecule has 1 atom stereocenters. The number of nitrogens with one attached hydrogen (secondary N) is 1. The van der Waals surface area contributed by atoms with Gasteiger partial charge in [-0.1, -0.05) is 49.7 Å². The van der Waals surface area contributed by atoms with Gasteiger partial charge in [0.15, 0.2) is 0 Å². The third-order valence-electron chi connectivity index (χ3n) is 3.49. The highest BCUT2D eigenvalue weighted by molar-refractivity contribution is 5.87. The Labute approximate surface area is 115 Å². The molecule has 0 spiro atoms. The SMILES string of the molecule is Cc1ccc2c([C@@H](O)CNC(C)C)c(C)ccc2c1. The van der Waals surface area contributed by atoms with Crippen molar-refractivity contribution in [1.29, 1.82) is 0 Å². The van der Waals surface area contributed by atoms with Crippen LogP contribution in [-0.2, 0) is 0 Å². The monoisotopic (exact) mass is 257 g/mol. The molecule has 0 aromatic heterocycles. The molecule has 0 radical (unpaired) electrons. The van der Waals surface area contributed by atoms with Gasteiger partial charge in [-0.25, -0.2) is 0 Å². The summed E-state index contributed by atoms with van der Waals surface area (Å²) >= 11 is 0.